The van der Waals surface area contributed by atoms with Crippen LogP contribution in [0.3, 0.4) is 0 Å². The van der Waals surface area contributed by atoms with Crippen molar-refractivity contribution in [3.8, 4) is 5.88 Å². The predicted octanol–water partition coefficient (Wildman–Crippen LogP) is 1.78. The number of ether oxygens (including phenoxy) is 2. The van der Waals surface area contributed by atoms with Crippen molar-refractivity contribution in [2.75, 3.05) is 13.7 Å². The van der Waals surface area contributed by atoms with E-state index in [9.17, 15) is 9.90 Å². The molecule has 1 aromatic heterocycles. The molecular formula is C18H29BNO5. The zero-order valence-electron chi connectivity index (χ0n) is 16.5. The minimum atomic E-state index is -0.993. The molecule has 0 aliphatic heterocycles. The molecular weight excluding hydrogens is 321 g/mol. The van der Waals surface area contributed by atoms with Gasteiger partial charge < -0.3 is 19.2 Å². The molecule has 0 aliphatic rings. The van der Waals surface area contributed by atoms with Crippen molar-refractivity contribution in [1.82, 2.24) is 4.98 Å². The standard InChI is InChI=1S/C18H29BNO5/c1-12-9-14(24-11-16(2,3)15(21)23-8)20-10-13(12)19-25-18(6,7)17(4,5)22/h9-10,22H,11H2,1-8H3. The van der Waals surface area contributed by atoms with Crippen LogP contribution in [-0.4, -0.2) is 48.5 Å². The Bertz CT molecular complexity index is 608. The Morgan fingerprint density at radius 3 is 2.32 bits per heavy atom. The third-order valence-electron chi connectivity index (χ3n) is 4.40. The second-order valence-electron chi connectivity index (χ2n) is 7.85. The number of carbonyl (C=O) groups excluding carboxylic acids is 1. The highest BCUT2D eigenvalue weighted by Gasteiger charge is 2.36. The molecule has 6 nitrogen and oxygen atoms in total. The molecule has 0 aromatic carbocycles. The third-order valence-corrected chi connectivity index (χ3v) is 4.40. The summed E-state index contributed by atoms with van der Waals surface area (Å²) in [5, 5.41) is 10.1. The number of nitrogens with zero attached hydrogens (tertiary/aromatic N) is 1. The van der Waals surface area contributed by atoms with Gasteiger partial charge in [0, 0.05) is 12.3 Å². The lowest BCUT2D eigenvalue weighted by atomic mass is 9.81. The molecule has 0 bridgehead atoms. The van der Waals surface area contributed by atoms with Gasteiger partial charge in [-0.3, -0.25) is 4.79 Å². The molecule has 1 aromatic rings. The number of rotatable bonds is 8. The fourth-order valence-corrected chi connectivity index (χ4v) is 1.69. The fraction of sp³-hybridized carbons (Fsp3) is 0.667. The molecule has 0 saturated heterocycles. The quantitative estimate of drug-likeness (QED) is 0.569. The van der Waals surface area contributed by atoms with Crippen LogP contribution in [0.1, 0.15) is 47.1 Å². The Morgan fingerprint density at radius 1 is 1.24 bits per heavy atom. The highest BCUT2D eigenvalue weighted by atomic mass is 16.5. The van der Waals surface area contributed by atoms with E-state index in [1.807, 2.05) is 20.8 Å². The van der Waals surface area contributed by atoms with E-state index in [0.29, 0.717) is 5.88 Å². The maximum absolute atomic E-state index is 11.7. The zero-order chi connectivity index (χ0) is 19.5. The molecule has 0 aliphatic carbocycles. The molecule has 1 radical (unpaired) electrons. The molecule has 139 valence electrons. The monoisotopic (exact) mass is 350 g/mol. The van der Waals surface area contributed by atoms with E-state index in [-0.39, 0.29) is 12.6 Å². The van der Waals surface area contributed by atoms with Gasteiger partial charge >= 0.3 is 13.5 Å². The van der Waals surface area contributed by atoms with Crippen LogP contribution in [0.5, 0.6) is 5.88 Å². The van der Waals surface area contributed by atoms with Crippen molar-refractivity contribution in [3.05, 3.63) is 17.8 Å². The number of aromatic nitrogens is 1. The average Bonchev–Trinajstić information content (AvgIpc) is 2.50. The minimum absolute atomic E-state index is 0.164. The van der Waals surface area contributed by atoms with Gasteiger partial charge in [-0.25, -0.2) is 4.98 Å². The van der Waals surface area contributed by atoms with Crippen LogP contribution in [0.4, 0.5) is 0 Å². The maximum atomic E-state index is 11.7. The first-order chi connectivity index (χ1) is 11.3. The topological polar surface area (TPSA) is 77.9 Å². The SMILES string of the molecule is COC(=O)C(C)(C)COc1cc(C)c([B]OC(C)(C)C(C)(C)O)cn1. The van der Waals surface area contributed by atoms with Gasteiger partial charge in [-0.1, -0.05) is 0 Å². The van der Waals surface area contributed by atoms with Crippen LogP contribution in [0.15, 0.2) is 12.3 Å². The molecule has 0 atom stereocenters. The van der Waals surface area contributed by atoms with Crippen LogP contribution < -0.4 is 10.2 Å². The van der Waals surface area contributed by atoms with Crippen molar-refractivity contribution in [2.45, 2.75) is 59.7 Å². The Labute approximate surface area is 151 Å². The van der Waals surface area contributed by atoms with Crippen LogP contribution in [0.2, 0.25) is 0 Å². The summed E-state index contributed by atoms with van der Waals surface area (Å²) >= 11 is 0. The summed E-state index contributed by atoms with van der Waals surface area (Å²) in [7, 11) is 2.94. The highest BCUT2D eigenvalue weighted by molar-refractivity contribution is 6.47. The normalized spacial score (nSPS) is 12.7. The summed E-state index contributed by atoms with van der Waals surface area (Å²) < 4.78 is 16.1. The van der Waals surface area contributed by atoms with Gasteiger partial charge in [0.15, 0.2) is 0 Å². The van der Waals surface area contributed by atoms with Crippen LogP contribution >= 0.6 is 0 Å². The summed E-state index contributed by atoms with van der Waals surface area (Å²) in [5.74, 6) is 0.0878. The molecule has 0 spiro atoms. The third kappa shape index (κ3) is 5.71. The summed E-state index contributed by atoms with van der Waals surface area (Å²) in [6.45, 7) is 12.6. The molecule has 25 heavy (non-hydrogen) atoms. The number of aliphatic hydroxyl groups is 1. The number of hydrogen-bond acceptors (Lipinski definition) is 6. The summed E-state index contributed by atoms with van der Waals surface area (Å²) in [6, 6.07) is 1.78. The van der Waals surface area contributed by atoms with Crippen molar-refractivity contribution in [3.63, 3.8) is 0 Å². The van der Waals surface area contributed by atoms with E-state index in [0.717, 1.165) is 11.0 Å². The number of esters is 1. The second kappa shape index (κ2) is 7.75. The van der Waals surface area contributed by atoms with Crippen LogP contribution in [-0.2, 0) is 14.2 Å². The molecule has 1 rings (SSSR count). The van der Waals surface area contributed by atoms with E-state index in [2.05, 4.69) is 4.98 Å². The number of aryl methyl sites for hydroxylation is 1. The van der Waals surface area contributed by atoms with Gasteiger partial charge in [-0.2, -0.15) is 0 Å². The van der Waals surface area contributed by atoms with E-state index < -0.39 is 16.6 Å². The molecule has 0 amide bonds. The van der Waals surface area contributed by atoms with Crippen molar-refractivity contribution in [1.29, 1.82) is 0 Å². The smallest absolute Gasteiger partial charge is 0.332 e. The Hall–Kier alpha value is -1.60. The van der Waals surface area contributed by atoms with Crippen LogP contribution in [0.25, 0.3) is 0 Å². The number of pyridine rings is 1. The number of carbonyl (C=O) groups is 1. The summed E-state index contributed by atoms with van der Waals surface area (Å²) in [5.41, 5.74) is -0.800. The van der Waals surface area contributed by atoms with Crippen molar-refractivity contribution < 1.29 is 24.0 Å². The van der Waals surface area contributed by atoms with Gasteiger partial charge in [0.05, 0.1) is 23.7 Å². The van der Waals surface area contributed by atoms with E-state index in [1.165, 1.54) is 7.11 Å². The van der Waals surface area contributed by atoms with Gasteiger partial charge in [-0.15, -0.1) is 0 Å². The molecule has 1 N–H and O–H groups in total. The van der Waals surface area contributed by atoms with E-state index in [1.54, 1.807) is 47.4 Å². The molecule has 0 saturated carbocycles. The summed E-state index contributed by atoms with van der Waals surface area (Å²) in [6.07, 6.45) is 1.64. The lowest BCUT2D eigenvalue weighted by molar-refractivity contribution is -0.152. The lowest BCUT2D eigenvalue weighted by Gasteiger charge is -2.37. The largest absolute Gasteiger partial charge is 0.476 e. The number of methoxy groups -OCH3 is 1. The van der Waals surface area contributed by atoms with Gasteiger partial charge in [-0.05, 0) is 59.5 Å². The molecule has 0 fully saturated rings. The summed E-state index contributed by atoms with van der Waals surface area (Å²) in [4.78, 5) is 15.9. The fourth-order valence-electron chi connectivity index (χ4n) is 1.69. The maximum Gasteiger partial charge on any atom is 0.332 e. The first-order valence-electron chi connectivity index (χ1n) is 8.21. The Balaban J connectivity index is 2.73. The Morgan fingerprint density at radius 2 is 1.84 bits per heavy atom. The first kappa shape index (κ1) is 21.4. The average molecular weight is 350 g/mol. The van der Waals surface area contributed by atoms with Crippen molar-refractivity contribution in [2.24, 2.45) is 5.41 Å². The van der Waals surface area contributed by atoms with Crippen molar-refractivity contribution >= 4 is 18.9 Å². The van der Waals surface area contributed by atoms with Gasteiger partial charge in [0.25, 0.3) is 0 Å². The number of hydrogen-bond donors (Lipinski definition) is 1. The van der Waals surface area contributed by atoms with Gasteiger partial charge in [0.1, 0.15) is 6.61 Å². The highest BCUT2D eigenvalue weighted by Crippen LogP contribution is 2.24. The minimum Gasteiger partial charge on any atom is -0.476 e. The van der Waals surface area contributed by atoms with E-state index in [4.69, 9.17) is 14.1 Å². The lowest BCUT2D eigenvalue weighted by Crippen LogP contribution is -2.49. The zero-order valence-corrected chi connectivity index (χ0v) is 16.5. The second-order valence-corrected chi connectivity index (χ2v) is 7.85. The Kier molecular flexibility index (Phi) is 6.64. The molecule has 1 heterocycles. The molecule has 7 heteroatoms. The predicted molar refractivity (Wildman–Crippen MR) is 97.1 cm³/mol. The molecule has 0 unspecified atom stereocenters. The van der Waals surface area contributed by atoms with Crippen LogP contribution in [0, 0.1) is 12.3 Å². The van der Waals surface area contributed by atoms with Gasteiger partial charge in [0.2, 0.25) is 5.88 Å². The first-order valence-corrected chi connectivity index (χ1v) is 8.21. The van der Waals surface area contributed by atoms with E-state index >= 15 is 0 Å².